The average molecular weight is 400 g/mol. The van der Waals surface area contributed by atoms with Crippen LogP contribution in [0.2, 0.25) is 0 Å². The maximum atomic E-state index is 12.6. The molecular weight excluding hydrogens is 381 g/mol. The van der Waals surface area contributed by atoms with Crippen LogP contribution in [0.4, 0.5) is 13.2 Å². The van der Waals surface area contributed by atoms with Crippen molar-refractivity contribution in [2.24, 2.45) is 0 Å². The number of hydrogen-bond acceptors (Lipinski definition) is 3. The van der Waals surface area contributed by atoms with Crippen molar-refractivity contribution in [3.63, 3.8) is 0 Å². The van der Waals surface area contributed by atoms with Gasteiger partial charge in [0.25, 0.3) is 5.91 Å². The van der Waals surface area contributed by atoms with Crippen molar-refractivity contribution in [3.05, 3.63) is 65.2 Å². The van der Waals surface area contributed by atoms with E-state index in [-0.39, 0.29) is 17.0 Å². The minimum Gasteiger partial charge on any atom is -0.343 e. The number of alkyl halides is 3. The summed E-state index contributed by atoms with van der Waals surface area (Å²) < 4.78 is 62.7. The molecule has 0 fully saturated rings. The summed E-state index contributed by atoms with van der Waals surface area (Å²) >= 11 is 0. The first-order valence-electron chi connectivity index (χ1n) is 7.96. The van der Waals surface area contributed by atoms with Crippen molar-refractivity contribution in [1.29, 1.82) is 0 Å². The van der Waals surface area contributed by atoms with Crippen LogP contribution in [0.3, 0.4) is 0 Å². The van der Waals surface area contributed by atoms with Gasteiger partial charge in [0.2, 0.25) is 10.0 Å². The Morgan fingerprint density at radius 1 is 1.04 bits per heavy atom. The Kier molecular flexibility index (Phi) is 6.27. The molecule has 0 aliphatic rings. The molecule has 0 aliphatic carbocycles. The van der Waals surface area contributed by atoms with Crippen molar-refractivity contribution >= 4 is 15.9 Å². The van der Waals surface area contributed by atoms with Gasteiger partial charge in [0.05, 0.1) is 4.90 Å². The number of halogens is 3. The number of nitrogens with one attached hydrogen (secondary N) is 1. The standard InChI is InChI=1S/C18H19F3N2O3S/c1-13-3-9-16(10-4-13)27(25,26)23(2)11-14-5-7-15(8-6-14)17(24)22-12-18(19,20)21/h3-10H,11-12H2,1-2H3,(H,22,24). The van der Waals surface area contributed by atoms with E-state index in [2.05, 4.69) is 0 Å². The topological polar surface area (TPSA) is 66.5 Å². The Balaban J connectivity index is 2.05. The van der Waals surface area contributed by atoms with Crippen LogP contribution < -0.4 is 5.32 Å². The van der Waals surface area contributed by atoms with Gasteiger partial charge in [-0.2, -0.15) is 17.5 Å². The van der Waals surface area contributed by atoms with Crippen molar-refractivity contribution in [2.75, 3.05) is 13.6 Å². The molecule has 0 heterocycles. The lowest BCUT2D eigenvalue weighted by molar-refractivity contribution is -0.123. The second-order valence-corrected chi connectivity index (χ2v) is 8.11. The summed E-state index contributed by atoms with van der Waals surface area (Å²) in [6, 6.07) is 12.2. The van der Waals surface area contributed by atoms with E-state index in [1.165, 1.54) is 43.4 Å². The molecule has 9 heteroatoms. The maximum absolute atomic E-state index is 12.6. The summed E-state index contributed by atoms with van der Waals surface area (Å²) in [7, 11) is -2.25. The van der Waals surface area contributed by atoms with Crippen LogP contribution in [-0.4, -0.2) is 38.4 Å². The predicted octanol–water partition coefficient (Wildman–Crippen LogP) is 3.11. The molecule has 0 aliphatic heterocycles. The summed E-state index contributed by atoms with van der Waals surface area (Å²) in [5.74, 6) is -0.848. The monoisotopic (exact) mass is 400 g/mol. The van der Waals surface area contributed by atoms with Crippen LogP contribution in [-0.2, 0) is 16.6 Å². The molecule has 5 nitrogen and oxygen atoms in total. The van der Waals surface area contributed by atoms with Crippen LogP contribution in [0.5, 0.6) is 0 Å². The normalized spacial score (nSPS) is 12.2. The van der Waals surface area contributed by atoms with Gasteiger partial charge < -0.3 is 5.32 Å². The van der Waals surface area contributed by atoms with E-state index in [0.29, 0.717) is 5.56 Å². The number of amides is 1. The first kappa shape index (κ1) is 20.9. The number of benzene rings is 2. The first-order chi connectivity index (χ1) is 12.5. The zero-order valence-electron chi connectivity index (χ0n) is 14.7. The van der Waals surface area contributed by atoms with Gasteiger partial charge in [-0.15, -0.1) is 0 Å². The Bertz CT molecular complexity index is 893. The molecule has 27 heavy (non-hydrogen) atoms. The molecule has 1 amide bonds. The number of nitrogens with zero attached hydrogens (tertiary/aromatic N) is 1. The van der Waals surface area contributed by atoms with Gasteiger partial charge >= 0.3 is 6.18 Å². The lowest BCUT2D eigenvalue weighted by atomic mass is 10.1. The summed E-state index contributed by atoms with van der Waals surface area (Å²) in [5, 5.41) is 1.78. The highest BCUT2D eigenvalue weighted by atomic mass is 32.2. The molecule has 0 saturated carbocycles. The largest absolute Gasteiger partial charge is 0.405 e. The second-order valence-electron chi connectivity index (χ2n) is 6.07. The Morgan fingerprint density at radius 3 is 2.11 bits per heavy atom. The lowest BCUT2D eigenvalue weighted by Gasteiger charge is -2.17. The summed E-state index contributed by atoms with van der Waals surface area (Å²) in [5.41, 5.74) is 1.60. The lowest BCUT2D eigenvalue weighted by Crippen LogP contribution is -2.33. The van der Waals surface area contributed by atoms with Gasteiger partial charge in [0, 0.05) is 19.2 Å². The zero-order valence-corrected chi connectivity index (χ0v) is 15.6. The second kappa shape index (κ2) is 8.10. The van der Waals surface area contributed by atoms with E-state index < -0.39 is 28.7 Å². The highest BCUT2D eigenvalue weighted by Gasteiger charge is 2.28. The minimum atomic E-state index is -4.48. The van der Waals surface area contributed by atoms with Crippen molar-refractivity contribution in [1.82, 2.24) is 9.62 Å². The third-order valence-electron chi connectivity index (χ3n) is 3.80. The number of rotatable bonds is 6. The van der Waals surface area contributed by atoms with Crippen LogP contribution in [0, 0.1) is 6.92 Å². The predicted molar refractivity (Wildman–Crippen MR) is 94.7 cm³/mol. The molecule has 0 spiro atoms. The first-order valence-corrected chi connectivity index (χ1v) is 9.40. The zero-order chi connectivity index (χ0) is 20.2. The summed E-state index contributed by atoms with van der Waals surface area (Å²) in [6.07, 6.45) is -4.48. The van der Waals surface area contributed by atoms with Crippen LogP contribution >= 0.6 is 0 Å². The van der Waals surface area contributed by atoms with E-state index in [0.717, 1.165) is 9.87 Å². The number of carbonyl (C=O) groups excluding carboxylic acids is 1. The highest BCUT2D eigenvalue weighted by molar-refractivity contribution is 7.89. The van der Waals surface area contributed by atoms with Crippen molar-refractivity contribution in [2.45, 2.75) is 24.5 Å². The maximum Gasteiger partial charge on any atom is 0.405 e. The number of carbonyl (C=O) groups is 1. The van der Waals surface area contributed by atoms with Gasteiger partial charge in [0.15, 0.2) is 0 Å². The van der Waals surface area contributed by atoms with Gasteiger partial charge in [0.1, 0.15) is 6.54 Å². The fourth-order valence-corrected chi connectivity index (χ4v) is 3.44. The smallest absolute Gasteiger partial charge is 0.343 e. The van der Waals surface area contributed by atoms with Crippen LogP contribution in [0.15, 0.2) is 53.4 Å². The van der Waals surface area contributed by atoms with E-state index >= 15 is 0 Å². The number of hydrogen-bond donors (Lipinski definition) is 1. The summed E-state index contributed by atoms with van der Waals surface area (Å²) in [4.78, 5) is 11.8. The van der Waals surface area contributed by atoms with Gasteiger partial charge in [-0.05, 0) is 36.8 Å². The van der Waals surface area contributed by atoms with Crippen LogP contribution in [0.25, 0.3) is 0 Å². The third-order valence-corrected chi connectivity index (χ3v) is 5.62. The Hall–Kier alpha value is -2.39. The van der Waals surface area contributed by atoms with E-state index in [4.69, 9.17) is 0 Å². The molecule has 0 unspecified atom stereocenters. The molecule has 146 valence electrons. The van der Waals surface area contributed by atoms with Crippen molar-refractivity contribution < 1.29 is 26.4 Å². The molecular formula is C18H19F3N2O3S. The molecule has 2 aromatic carbocycles. The fourth-order valence-electron chi connectivity index (χ4n) is 2.28. The van der Waals surface area contributed by atoms with E-state index in [1.54, 1.807) is 17.4 Å². The van der Waals surface area contributed by atoms with Gasteiger partial charge in [-0.3, -0.25) is 4.79 Å². The van der Waals surface area contributed by atoms with Crippen molar-refractivity contribution in [3.8, 4) is 0 Å². The minimum absolute atomic E-state index is 0.0562. The Labute approximate surface area is 155 Å². The average Bonchev–Trinajstić information content (AvgIpc) is 2.60. The molecule has 2 aromatic rings. The Morgan fingerprint density at radius 2 is 1.59 bits per heavy atom. The molecule has 1 N–H and O–H groups in total. The SMILES string of the molecule is Cc1ccc(S(=O)(=O)N(C)Cc2ccc(C(=O)NCC(F)(F)F)cc2)cc1. The molecule has 0 atom stereocenters. The molecule has 0 aromatic heterocycles. The van der Waals surface area contributed by atoms with Crippen LogP contribution in [0.1, 0.15) is 21.5 Å². The highest BCUT2D eigenvalue weighted by Crippen LogP contribution is 2.18. The fraction of sp³-hybridized carbons (Fsp3) is 0.278. The van der Waals surface area contributed by atoms with E-state index in [9.17, 15) is 26.4 Å². The molecule has 2 rings (SSSR count). The third kappa shape index (κ3) is 5.80. The quantitative estimate of drug-likeness (QED) is 0.810. The summed E-state index contributed by atoms with van der Waals surface area (Å²) in [6.45, 7) is 0.498. The molecule has 0 bridgehead atoms. The number of aryl methyl sites for hydroxylation is 1. The molecule has 0 radical (unpaired) electrons. The van der Waals surface area contributed by atoms with Gasteiger partial charge in [-0.1, -0.05) is 29.8 Å². The molecule has 0 saturated heterocycles. The number of sulfonamides is 1. The van der Waals surface area contributed by atoms with E-state index in [1.807, 2.05) is 6.92 Å². The van der Waals surface area contributed by atoms with Gasteiger partial charge in [-0.25, -0.2) is 8.42 Å².